The van der Waals surface area contributed by atoms with Crippen LogP contribution in [0.25, 0.3) is 0 Å². The fourth-order valence-electron chi connectivity index (χ4n) is 0.889. The molecule has 0 aromatic carbocycles. The fraction of sp³-hybridized carbons (Fsp3) is 0.167. The predicted molar refractivity (Wildman–Crippen MR) is 39.1 cm³/mol. The molecular weight excluding hydrogens is 144 g/mol. The molecule has 5 heteroatoms. The van der Waals surface area contributed by atoms with Crippen LogP contribution in [0.3, 0.4) is 0 Å². The van der Waals surface area contributed by atoms with Crippen LogP contribution in [0.15, 0.2) is 17.4 Å². The van der Waals surface area contributed by atoms with Crippen LogP contribution in [0.5, 0.6) is 0 Å². The van der Waals surface area contributed by atoms with E-state index < -0.39 is 6.23 Å². The maximum atomic E-state index is 9.22. The van der Waals surface area contributed by atoms with Crippen LogP contribution < -0.4 is 5.32 Å². The minimum absolute atomic E-state index is 0.468. The number of aliphatic hydroxyl groups is 1. The smallest absolute Gasteiger partial charge is 0.193 e. The van der Waals surface area contributed by atoms with E-state index >= 15 is 0 Å². The minimum Gasteiger partial charge on any atom is -0.366 e. The van der Waals surface area contributed by atoms with E-state index in [0.29, 0.717) is 11.5 Å². The van der Waals surface area contributed by atoms with E-state index in [-0.39, 0.29) is 0 Å². The number of rotatable bonds is 0. The number of hydrogen-bond acceptors (Lipinski definition) is 5. The van der Waals surface area contributed by atoms with Gasteiger partial charge < -0.3 is 10.4 Å². The third-order valence-electron chi connectivity index (χ3n) is 1.39. The topological polar surface area (TPSA) is 70.4 Å². The van der Waals surface area contributed by atoms with Crippen molar-refractivity contribution in [1.82, 2.24) is 9.97 Å². The van der Waals surface area contributed by atoms with Gasteiger partial charge in [0.1, 0.15) is 5.69 Å². The Hall–Kier alpha value is -1.49. The van der Waals surface area contributed by atoms with Gasteiger partial charge in [0, 0.05) is 12.4 Å². The Kier molecular flexibility index (Phi) is 1.29. The number of anilines is 1. The third kappa shape index (κ3) is 0.947. The van der Waals surface area contributed by atoms with Gasteiger partial charge in [0.25, 0.3) is 0 Å². The zero-order valence-electron chi connectivity index (χ0n) is 5.60. The summed E-state index contributed by atoms with van der Waals surface area (Å²) in [5.74, 6) is 0.565. The number of aromatic nitrogens is 2. The molecule has 0 bridgehead atoms. The fourth-order valence-corrected chi connectivity index (χ4v) is 0.889. The van der Waals surface area contributed by atoms with E-state index in [9.17, 15) is 5.11 Å². The second-order valence-corrected chi connectivity index (χ2v) is 2.09. The molecule has 0 aliphatic carbocycles. The average molecular weight is 150 g/mol. The summed E-state index contributed by atoms with van der Waals surface area (Å²) in [6.07, 6.45) is 3.60. The molecule has 1 atom stereocenters. The molecule has 2 rings (SSSR count). The van der Waals surface area contributed by atoms with Crippen molar-refractivity contribution in [1.29, 1.82) is 0 Å². The summed E-state index contributed by atoms with van der Waals surface area (Å²) in [5.41, 5.74) is 0.468. The molecule has 1 aliphatic rings. The monoisotopic (exact) mass is 150 g/mol. The van der Waals surface area contributed by atoms with E-state index in [0.717, 1.165) is 0 Å². The lowest BCUT2D eigenvalue weighted by molar-refractivity contribution is 0.183. The van der Waals surface area contributed by atoms with Gasteiger partial charge in [0.2, 0.25) is 0 Å². The highest BCUT2D eigenvalue weighted by Crippen LogP contribution is 2.20. The lowest BCUT2D eigenvalue weighted by Gasteiger charge is -2.13. The molecule has 0 saturated carbocycles. The summed E-state index contributed by atoms with van der Waals surface area (Å²) < 4.78 is 0. The van der Waals surface area contributed by atoms with Crippen LogP contribution in [-0.2, 0) is 0 Å². The largest absolute Gasteiger partial charge is 0.366 e. The van der Waals surface area contributed by atoms with Crippen LogP contribution in [-0.4, -0.2) is 21.4 Å². The summed E-state index contributed by atoms with van der Waals surface area (Å²) in [6, 6.07) is 0. The standard InChI is InChI=1S/C6H6N4O/c11-6-4-5(9-3-10-6)8-2-1-7-4/h1-3,6,11H,(H,8,9,10). The summed E-state index contributed by atoms with van der Waals surface area (Å²) >= 11 is 0. The van der Waals surface area contributed by atoms with Crippen molar-refractivity contribution >= 4 is 12.2 Å². The number of nitrogens with zero attached hydrogens (tertiary/aromatic N) is 3. The Bertz CT molecular complexity index is 298. The van der Waals surface area contributed by atoms with Crippen LogP contribution in [0.2, 0.25) is 0 Å². The summed E-state index contributed by atoms with van der Waals surface area (Å²) in [6.45, 7) is 0. The molecule has 0 amide bonds. The first kappa shape index (κ1) is 6.23. The number of nitrogens with one attached hydrogen (secondary N) is 1. The van der Waals surface area contributed by atoms with Gasteiger partial charge in [-0.2, -0.15) is 0 Å². The van der Waals surface area contributed by atoms with Gasteiger partial charge in [0.05, 0.1) is 6.34 Å². The van der Waals surface area contributed by atoms with E-state index in [1.54, 1.807) is 6.20 Å². The lowest BCUT2D eigenvalue weighted by atomic mass is 10.3. The SMILES string of the molecule is OC1N=CNc2nccnc21. The Morgan fingerprint density at radius 2 is 2.18 bits per heavy atom. The molecule has 5 nitrogen and oxygen atoms in total. The van der Waals surface area contributed by atoms with Crippen LogP contribution >= 0.6 is 0 Å². The average Bonchev–Trinajstić information content (AvgIpc) is 2.06. The Balaban J connectivity index is 2.50. The number of aliphatic imine (C=N–C) groups is 1. The Morgan fingerprint density at radius 1 is 1.36 bits per heavy atom. The van der Waals surface area contributed by atoms with Gasteiger partial charge in [-0.25, -0.2) is 9.98 Å². The maximum absolute atomic E-state index is 9.22. The van der Waals surface area contributed by atoms with E-state index in [4.69, 9.17) is 0 Å². The molecule has 56 valence electrons. The van der Waals surface area contributed by atoms with Crippen LogP contribution in [0, 0.1) is 0 Å². The van der Waals surface area contributed by atoms with Gasteiger partial charge in [0.15, 0.2) is 12.0 Å². The zero-order chi connectivity index (χ0) is 7.68. The number of hydrogen-bond donors (Lipinski definition) is 2. The van der Waals surface area contributed by atoms with Gasteiger partial charge in [-0.05, 0) is 0 Å². The van der Waals surface area contributed by atoms with E-state index in [1.165, 1.54) is 12.5 Å². The number of fused-ring (bicyclic) bond motifs is 1. The highest BCUT2D eigenvalue weighted by Gasteiger charge is 2.15. The lowest BCUT2D eigenvalue weighted by Crippen LogP contribution is -2.12. The third-order valence-corrected chi connectivity index (χ3v) is 1.39. The van der Waals surface area contributed by atoms with Crippen LogP contribution in [0.4, 0.5) is 5.82 Å². The molecule has 1 aromatic heterocycles. The van der Waals surface area contributed by atoms with Gasteiger partial charge in [-0.15, -0.1) is 0 Å². The number of aliphatic hydroxyl groups excluding tert-OH is 1. The molecule has 1 aliphatic heterocycles. The first-order valence-electron chi connectivity index (χ1n) is 3.15. The summed E-state index contributed by atoms with van der Waals surface area (Å²) in [4.78, 5) is 11.5. The highest BCUT2D eigenvalue weighted by atomic mass is 16.3. The predicted octanol–water partition coefficient (Wildman–Crippen LogP) is -0.0787. The molecule has 2 heterocycles. The van der Waals surface area contributed by atoms with Crippen molar-refractivity contribution in [3.05, 3.63) is 18.1 Å². The molecule has 11 heavy (non-hydrogen) atoms. The quantitative estimate of drug-likeness (QED) is 0.542. The van der Waals surface area contributed by atoms with Crippen molar-refractivity contribution < 1.29 is 5.11 Å². The second kappa shape index (κ2) is 2.28. The Morgan fingerprint density at radius 3 is 3.00 bits per heavy atom. The molecule has 0 fully saturated rings. The van der Waals surface area contributed by atoms with Gasteiger partial charge in [-0.1, -0.05) is 0 Å². The van der Waals surface area contributed by atoms with E-state index in [2.05, 4.69) is 20.3 Å². The molecule has 1 aromatic rings. The first-order chi connectivity index (χ1) is 5.38. The van der Waals surface area contributed by atoms with Gasteiger partial charge >= 0.3 is 0 Å². The van der Waals surface area contributed by atoms with Crippen molar-refractivity contribution in [3.63, 3.8) is 0 Å². The van der Waals surface area contributed by atoms with Crippen molar-refractivity contribution in [2.75, 3.05) is 5.32 Å². The molecule has 1 unspecified atom stereocenters. The summed E-state index contributed by atoms with van der Waals surface area (Å²) in [5, 5.41) is 12.0. The zero-order valence-corrected chi connectivity index (χ0v) is 5.60. The highest BCUT2D eigenvalue weighted by molar-refractivity contribution is 5.77. The molecule has 0 radical (unpaired) electrons. The first-order valence-corrected chi connectivity index (χ1v) is 3.15. The summed E-state index contributed by atoms with van der Waals surface area (Å²) in [7, 11) is 0. The second-order valence-electron chi connectivity index (χ2n) is 2.09. The van der Waals surface area contributed by atoms with Crippen LogP contribution in [0.1, 0.15) is 11.9 Å². The Labute approximate surface area is 62.8 Å². The molecule has 0 saturated heterocycles. The van der Waals surface area contributed by atoms with Crippen molar-refractivity contribution in [2.45, 2.75) is 6.23 Å². The van der Waals surface area contributed by atoms with Crippen molar-refractivity contribution in [2.24, 2.45) is 4.99 Å². The maximum Gasteiger partial charge on any atom is 0.193 e. The van der Waals surface area contributed by atoms with Crippen molar-refractivity contribution in [3.8, 4) is 0 Å². The molecular formula is C6H6N4O. The van der Waals surface area contributed by atoms with E-state index in [1.807, 2.05) is 0 Å². The molecule has 2 N–H and O–H groups in total. The normalized spacial score (nSPS) is 20.6. The molecule has 0 spiro atoms. The van der Waals surface area contributed by atoms with Gasteiger partial charge in [-0.3, -0.25) is 4.98 Å². The minimum atomic E-state index is -0.875.